The lowest BCUT2D eigenvalue weighted by Crippen LogP contribution is -2.60. The summed E-state index contributed by atoms with van der Waals surface area (Å²) < 4.78 is 22.3. The van der Waals surface area contributed by atoms with Crippen LogP contribution in [0.2, 0.25) is 0 Å². The van der Waals surface area contributed by atoms with Crippen LogP contribution in [0.1, 0.15) is 0 Å². The molecule has 9 heteroatoms. The summed E-state index contributed by atoms with van der Waals surface area (Å²) in [4.78, 5) is 13.0. The van der Waals surface area contributed by atoms with Crippen LogP contribution >= 0.6 is 0 Å². The van der Waals surface area contributed by atoms with Crippen molar-refractivity contribution in [3.8, 4) is 22.8 Å². The van der Waals surface area contributed by atoms with Crippen molar-refractivity contribution in [2.24, 2.45) is 0 Å². The Hall–Kier alpha value is -2.95. The molecule has 1 aromatic heterocycles. The van der Waals surface area contributed by atoms with E-state index in [-0.39, 0.29) is 16.7 Å². The topological polar surface area (TPSA) is 139 Å². The fraction of sp³-hybridized carbons (Fsp3) is 0.318. The molecule has 164 valence electrons. The molecular weight excluding hydrogens is 408 g/mol. The zero-order valence-corrected chi connectivity index (χ0v) is 16.5. The molecule has 31 heavy (non-hydrogen) atoms. The molecule has 1 fully saturated rings. The van der Waals surface area contributed by atoms with E-state index in [1.165, 1.54) is 25.3 Å². The van der Waals surface area contributed by atoms with Gasteiger partial charge in [-0.2, -0.15) is 0 Å². The van der Waals surface area contributed by atoms with Crippen LogP contribution in [-0.2, 0) is 4.74 Å². The zero-order valence-electron chi connectivity index (χ0n) is 16.5. The highest BCUT2D eigenvalue weighted by Crippen LogP contribution is 2.35. The van der Waals surface area contributed by atoms with Gasteiger partial charge in [0.05, 0.1) is 13.7 Å². The molecule has 2 heterocycles. The first-order valence-corrected chi connectivity index (χ1v) is 9.62. The molecule has 1 aliphatic heterocycles. The van der Waals surface area contributed by atoms with Crippen molar-refractivity contribution >= 4 is 11.0 Å². The van der Waals surface area contributed by atoms with Gasteiger partial charge in [-0.3, -0.25) is 4.79 Å². The normalized spacial score (nSPS) is 26.0. The van der Waals surface area contributed by atoms with Crippen LogP contribution in [0, 0.1) is 0 Å². The first-order valence-electron chi connectivity index (χ1n) is 9.62. The lowest BCUT2D eigenvalue weighted by Gasteiger charge is -2.39. The van der Waals surface area contributed by atoms with E-state index in [4.69, 9.17) is 18.6 Å². The molecule has 3 aromatic rings. The van der Waals surface area contributed by atoms with Crippen LogP contribution in [0.4, 0.5) is 0 Å². The van der Waals surface area contributed by atoms with E-state index in [9.17, 15) is 25.2 Å². The SMILES string of the molecule is COc1ccc(O[C@@H]2O[C@H](CO)[C@@H](O)[C@@H](O)[C@H]2O)c2c(=O)cc(-c3ccccc3)oc12. The summed E-state index contributed by atoms with van der Waals surface area (Å²) in [6, 6.07) is 13.4. The van der Waals surface area contributed by atoms with Gasteiger partial charge in [-0.05, 0) is 12.1 Å². The van der Waals surface area contributed by atoms with Crippen LogP contribution in [0.3, 0.4) is 0 Å². The molecule has 2 aromatic carbocycles. The maximum Gasteiger partial charge on any atom is 0.229 e. The Labute approximate surface area is 176 Å². The molecular formula is C22H22O9. The van der Waals surface area contributed by atoms with Gasteiger partial charge in [-0.15, -0.1) is 0 Å². The minimum absolute atomic E-state index is 0.0218. The first-order chi connectivity index (χ1) is 14.9. The fourth-order valence-corrected chi connectivity index (χ4v) is 3.50. The Kier molecular flexibility index (Phi) is 5.94. The second-order valence-corrected chi connectivity index (χ2v) is 7.13. The Bertz CT molecular complexity index is 1110. The van der Waals surface area contributed by atoms with E-state index in [0.29, 0.717) is 17.1 Å². The van der Waals surface area contributed by atoms with E-state index < -0.39 is 42.7 Å². The Morgan fingerprint density at radius 2 is 1.68 bits per heavy atom. The van der Waals surface area contributed by atoms with Crippen LogP contribution in [0.25, 0.3) is 22.3 Å². The Balaban J connectivity index is 1.78. The molecule has 0 amide bonds. The molecule has 0 saturated carbocycles. The molecule has 0 spiro atoms. The highest BCUT2D eigenvalue weighted by atomic mass is 16.7. The number of ether oxygens (including phenoxy) is 3. The highest BCUT2D eigenvalue weighted by Gasteiger charge is 2.45. The average Bonchev–Trinajstić information content (AvgIpc) is 2.79. The van der Waals surface area contributed by atoms with Gasteiger partial charge in [0.15, 0.2) is 16.8 Å². The third-order valence-electron chi connectivity index (χ3n) is 5.17. The highest BCUT2D eigenvalue weighted by molar-refractivity contribution is 5.89. The molecule has 0 bridgehead atoms. The van der Waals surface area contributed by atoms with Gasteiger partial charge in [0.25, 0.3) is 0 Å². The van der Waals surface area contributed by atoms with E-state index in [0.717, 1.165) is 0 Å². The van der Waals surface area contributed by atoms with Gasteiger partial charge in [0.2, 0.25) is 6.29 Å². The van der Waals surface area contributed by atoms with Crippen LogP contribution < -0.4 is 14.9 Å². The second kappa shape index (κ2) is 8.66. The summed E-state index contributed by atoms with van der Waals surface area (Å²) in [5, 5.41) is 39.6. The summed E-state index contributed by atoms with van der Waals surface area (Å²) in [7, 11) is 1.43. The molecule has 9 nitrogen and oxygen atoms in total. The summed E-state index contributed by atoms with van der Waals surface area (Å²) in [5.74, 6) is 0.654. The molecule has 4 rings (SSSR count). The standard InChI is InChI=1S/C22H22O9/c1-28-14-8-7-13(30-22-20(27)19(26)18(25)16(10-23)31-22)17-12(24)9-15(29-21(14)17)11-5-3-2-4-6-11/h2-9,16,18-20,22-23,25-27H,10H2,1H3/t16-,18-,19-,20-,22-/m1/s1. The molecule has 4 N–H and O–H groups in total. The van der Waals surface area contributed by atoms with Crippen molar-refractivity contribution in [3.63, 3.8) is 0 Å². The van der Waals surface area contributed by atoms with Crippen molar-refractivity contribution in [2.45, 2.75) is 30.7 Å². The fourth-order valence-electron chi connectivity index (χ4n) is 3.50. The van der Waals surface area contributed by atoms with Crippen molar-refractivity contribution in [1.82, 2.24) is 0 Å². The van der Waals surface area contributed by atoms with Gasteiger partial charge in [-0.25, -0.2) is 0 Å². The van der Waals surface area contributed by atoms with E-state index in [2.05, 4.69) is 0 Å². The lowest BCUT2D eigenvalue weighted by molar-refractivity contribution is -0.277. The predicted octanol–water partition coefficient (Wildman–Crippen LogP) is 0.647. The van der Waals surface area contributed by atoms with Gasteiger partial charge in [-0.1, -0.05) is 30.3 Å². The number of aliphatic hydroxyl groups is 4. The smallest absolute Gasteiger partial charge is 0.229 e. The number of fused-ring (bicyclic) bond motifs is 1. The van der Waals surface area contributed by atoms with Crippen LogP contribution in [0.15, 0.2) is 57.7 Å². The quantitative estimate of drug-likeness (QED) is 0.459. The largest absolute Gasteiger partial charge is 0.493 e. The van der Waals surface area contributed by atoms with E-state index in [1.807, 2.05) is 18.2 Å². The number of methoxy groups -OCH3 is 1. The number of hydrogen-bond donors (Lipinski definition) is 4. The zero-order chi connectivity index (χ0) is 22.1. The van der Waals surface area contributed by atoms with E-state index >= 15 is 0 Å². The summed E-state index contributed by atoms with van der Waals surface area (Å²) in [6.45, 7) is -0.600. The number of rotatable bonds is 5. The molecule has 0 radical (unpaired) electrons. The summed E-state index contributed by atoms with van der Waals surface area (Å²) in [6.07, 6.45) is -7.34. The Morgan fingerprint density at radius 1 is 0.968 bits per heavy atom. The number of benzene rings is 2. The molecule has 0 unspecified atom stereocenters. The summed E-state index contributed by atoms with van der Waals surface area (Å²) in [5.41, 5.74) is 0.415. The van der Waals surface area contributed by atoms with Gasteiger partial charge in [0.1, 0.15) is 41.3 Å². The average molecular weight is 430 g/mol. The maximum atomic E-state index is 13.0. The number of hydrogen-bond acceptors (Lipinski definition) is 9. The number of aliphatic hydroxyl groups excluding tert-OH is 4. The Morgan fingerprint density at radius 3 is 2.35 bits per heavy atom. The third-order valence-corrected chi connectivity index (χ3v) is 5.17. The first kappa shape index (κ1) is 21.3. The van der Waals surface area contributed by atoms with Crippen molar-refractivity contribution in [1.29, 1.82) is 0 Å². The minimum Gasteiger partial charge on any atom is -0.493 e. The van der Waals surface area contributed by atoms with Crippen molar-refractivity contribution in [3.05, 3.63) is 58.8 Å². The maximum absolute atomic E-state index is 13.0. The van der Waals surface area contributed by atoms with Crippen LogP contribution in [-0.4, -0.2) is 64.8 Å². The monoisotopic (exact) mass is 430 g/mol. The summed E-state index contributed by atoms with van der Waals surface area (Å²) >= 11 is 0. The lowest BCUT2D eigenvalue weighted by atomic mass is 9.99. The van der Waals surface area contributed by atoms with Crippen molar-refractivity contribution in [2.75, 3.05) is 13.7 Å². The van der Waals surface area contributed by atoms with Gasteiger partial charge in [0, 0.05) is 11.6 Å². The molecule has 0 aliphatic carbocycles. The van der Waals surface area contributed by atoms with Gasteiger partial charge >= 0.3 is 0 Å². The molecule has 1 aliphatic rings. The molecule has 5 atom stereocenters. The minimum atomic E-state index is -1.62. The van der Waals surface area contributed by atoms with Crippen molar-refractivity contribution < 1.29 is 39.1 Å². The van der Waals surface area contributed by atoms with Crippen LogP contribution in [0.5, 0.6) is 11.5 Å². The second-order valence-electron chi connectivity index (χ2n) is 7.13. The predicted molar refractivity (Wildman–Crippen MR) is 109 cm³/mol. The van der Waals surface area contributed by atoms with E-state index in [1.54, 1.807) is 12.1 Å². The molecule has 1 saturated heterocycles. The van der Waals surface area contributed by atoms with Gasteiger partial charge < -0.3 is 39.1 Å². The third kappa shape index (κ3) is 3.89.